The van der Waals surface area contributed by atoms with E-state index < -0.39 is 0 Å². The Balaban J connectivity index is 1.99. The van der Waals surface area contributed by atoms with E-state index in [1.807, 2.05) is 0 Å². The van der Waals surface area contributed by atoms with Crippen LogP contribution in [0.15, 0.2) is 24.3 Å². The molecule has 0 bridgehead atoms. The molecule has 1 saturated heterocycles. The van der Waals surface area contributed by atoms with E-state index >= 15 is 0 Å². The van der Waals surface area contributed by atoms with Crippen LogP contribution >= 0.6 is 12.6 Å². The highest BCUT2D eigenvalue weighted by Crippen LogP contribution is 2.10. The lowest BCUT2D eigenvalue weighted by atomic mass is 10.1. The first kappa shape index (κ1) is 14.4. The van der Waals surface area contributed by atoms with Gasteiger partial charge in [0.05, 0.1) is 13.1 Å². The summed E-state index contributed by atoms with van der Waals surface area (Å²) in [6.07, 6.45) is 0. The maximum atomic E-state index is 11.7. The topological polar surface area (TPSA) is 78.5 Å². The summed E-state index contributed by atoms with van der Waals surface area (Å²) >= 11 is 4.02. The normalized spacial score (nSPS) is 14.3. The maximum absolute atomic E-state index is 11.7. The van der Waals surface area contributed by atoms with E-state index in [9.17, 15) is 14.4 Å². The van der Waals surface area contributed by atoms with Crippen LogP contribution in [0.5, 0.6) is 0 Å². The Kier molecular flexibility index (Phi) is 4.62. The zero-order chi connectivity index (χ0) is 14.5. The number of hydrogen-bond donors (Lipinski definition) is 3. The van der Waals surface area contributed by atoms with Crippen LogP contribution < -0.4 is 10.6 Å². The lowest BCUT2D eigenvalue weighted by Crippen LogP contribution is -2.30. The Bertz CT molecular complexity index is 514. The first-order valence-corrected chi connectivity index (χ1v) is 6.81. The molecule has 4 amide bonds. The van der Waals surface area contributed by atoms with Crippen LogP contribution in [0.2, 0.25) is 0 Å². The van der Waals surface area contributed by atoms with Crippen molar-refractivity contribution in [2.24, 2.45) is 0 Å². The quantitative estimate of drug-likeness (QED) is 0.543. The van der Waals surface area contributed by atoms with Crippen molar-refractivity contribution in [1.82, 2.24) is 15.5 Å². The van der Waals surface area contributed by atoms with Crippen LogP contribution in [-0.4, -0.2) is 41.6 Å². The number of nitrogens with zero attached hydrogens (tertiary/aromatic N) is 1. The lowest BCUT2D eigenvalue weighted by molar-refractivity contribution is -0.125. The molecule has 20 heavy (non-hydrogen) atoms. The number of nitrogens with one attached hydrogen (secondary N) is 2. The predicted molar refractivity (Wildman–Crippen MR) is 76.6 cm³/mol. The van der Waals surface area contributed by atoms with Gasteiger partial charge in [0.1, 0.15) is 0 Å². The number of urea groups is 1. The van der Waals surface area contributed by atoms with Gasteiger partial charge in [-0.3, -0.25) is 14.5 Å². The maximum Gasteiger partial charge on any atom is 0.324 e. The van der Waals surface area contributed by atoms with Crippen molar-refractivity contribution in [3.05, 3.63) is 35.4 Å². The molecule has 0 aliphatic carbocycles. The molecular weight excluding hydrogens is 278 g/mol. The van der Waals surface area contributed by atoms with Crippen LogP contribution in [0.3, 0.4) is 0 Å². The van der Waals surface area contributed by atoms with Crippen LogP contribution in [0.1, 0.15) is 15.9 Å². The molecule has 1 aromatic carbocycles. The van der Waals surface area contributed by atoms with Crippen molar-refractivity contribution in [3.63, 3.8) is 0 Å². The standard InChI is InChI=1S/C13H15N3O3S/c17-11-7-15-13(19)16(11)8-9-1-3-10(4-2-9)12(18)14-5-6-20/h1-4,20H,5-8H2,(H,14,18)(H,15,19). The van der Waals surface area contributed by atoms with Crippen molar-refractivity contribution in [1.29, 1.82) is 0 Å². The minimum atomic E-state index is -0.384. The van der Waals surface area contributed by atoms with Gasteiger partial charge in [0.15, 0.2) is 0 Å². The Labute approximate surface area is 121 Å². The van der Waals surface area contributed by atoms with Gasteiger partial charge in [0.25, 0.3) is 5.91 Å². The van der Waals surface area contributed by atoms with Gasteiger partial charge in [-0.1, -0.05) is 12.1 Å². The SMILES string of the molecule is O=C(NCCS)c1ccc(CN2C(=O)CNC2=O)cc1. The smallest absolute Gasteiger partial charge is 0.324 e. The number of carbonyl (C=O) groups excluding carboxylic acids is 3. The molecule has 0 spiro atoms. The monoisotopic (exact) mass is 293 g/mol. The highest BCUT2D eigenvalue weighted by molar-refractivity contribution is 7.80. The fraction of sp³-hybridized carbons (Fsp3) is 0.308. The summed E-state index contributed by atoms with van der Waals surface area (Å²) in [5.74, 6) is 0.168. The van der Waals surface area contributed by atoms with E-state index in [0.717, 1.165) is 10.5 Å². The van der Waals surface area contributed by atoms with Crippen LogP contribution in [-0.2, 0) is 11.3 Å². The minimum Gasteiger partial charge on any atom is -0.351 e. The number of rotatable bonds is 5. The van der Waals surface area contributed by atoms with E-state index in [1.54, 1.807) is 24.3 Å². The van der Waals surface area contributed by atoms with E-state index in [2.05, 4.69) is 23.3 Å². The third kappa shape index (κ3) is 3.30. The van der Waals surface area contributed by atoms with Gasteiger partial charge in [-0.05, 0) is 17.7 Å². The number of amides is 4. The van der Waals surface area contributed by atoms with Gasteiger partial charge in [-0.15, -0.1) is 0 Å². The van der Waals surface area contributed by atoms with Crippen molar-refractivity contribution < 1.29 is 14.4 Å². The molecule has 0 atom stereocenters. The van der Waals surface area contributed by atoms with Gasteiger partial charge in [0.2, 0.25) is 5.91 Å². The summed E-state index contributed by atoms with van der Waals surface area (Å²) in [7, 11) is 0. The third-order valence-corrected chi connectivity index (χ3v) is 3.11. The second-order valence-electron chi connectivity index (χ2n) is 4.32. The second-order valence-corrected chi connectivity index (χ2v) is 4.76. The van der Waals surface area contributed by atoms with E-state index in [1.165, 1.54) is 0 Å². The van der Waals surface area contributed by atoms with Crippen molar-refractivity contribution in [2.75, 3.05) is 18.8 Å². The lowest BCUT2D eigenvalue weighted by Gasteiger charge is -2.12. The molecular formula is C13H15N3O3S. The zero-order valence-corrected chi connectivity index (χ0v) is 11.7. The number of carbonyl (C=O) groups is 3. The van der Waals surface area contributed by atoms with Crippen molar-refractivity contribution in [3.8, 4) is 0 Å². The Hall–Kier alpha value is -2.02. The molecule has 2 N–H and O–H groups in total. The molecule has 0 saturated carbocycles. The first-order chi connectivity index (χ1) is 9.61. The molecule has 0 unspecified atom stereocenters. The van der Waals surface area contributed by atoms with Gasteiger partial charge in [-0.25, -0.2) is 4.79 Å². The minimum absolute atomic E-state index is 0.0447. The van der Waals surface area contributed by atoms with Crippen LogP contribution in [0.4, 0.5) is 4.79 Å². The molecule has 6 nitrogen and oxygen atoms in total. The van der Waals surface area contributed by atoms with Crippen LogP contribution in [0, 0.1) is 0 Å². The predicted octanol–water partition coefficient (Wildman–Crippen LogP) is 0.398. The number of imide groups is 1. The fourth-order valence-corrected chi connectivity index (χ4v) is 1.94. The van der Waals surface area contributed by atoms with Crippen LogP contribution in [0.25, 0.3) is 0 Å². The molecule has 1 heterocycles. The summed E-state index contributed by atoms with van der Waals surface area (Å²) in [6.45, 7) is 0.762. The summed E-state index contributed by atoms with van der Waals surface area (Å²) in [5.41, 5.74) is 1.33. The molecule has 0 aromatic heterocycles. The molecule has 7 heteroatoms. The van der Waals surface area contributed by atoms with E-state index in [4.69, 9.17) is 0 Å². The summed E-state index contributed by atoms with van der Waals surface area (Å²) in [6, 6.07) is 6.41. The largest absolute Gasteiger partial charge is 0.351 e. The van der Waals surface area contributed by atoms with Gasteiger partial charge in [0, 0.05) is 17.9 Å². The summed E-state index contributed by atoms with van der Waals surface area (Å²) in [4.78, 5) is 35.7. The zero-order valence-electron chi connectivity index (χ0n) is 10.8. The number of benzene rings is 1. The molecule has 106 valence electrons. The molecule has 1 aliphatic heterocycles. The number of hydrogen-bond acceptors (Lipinski definition) is 4. The summed E-state index contributed by atoms with van der Waals surface area (Å²) in [5, 5.41) is 5.17. The van der Waals surface area contributed by atoms with Gasteiger partial charge < -0.3 is 10.6 Å². The molecule has 1 fully saturated rings. The van der Waals surface area contributed by atoms with Crippen molar-refractivity contribution in [2.45, 2.75) is 6.54 Å². The Morgan fingerprint density at radius 3 is 2.55 bits per heavy atom. The highest BCUT2D eigenvalue weighted by atomic mass is 32.1. The number of thiol groups is 1. The van der Waals surface area contributed by atoms with E-state index in [-0.39, 0.29) is 30.9 Å². The molecule has 1 aliphatic rings. The van der Waals surface area contributed by atoms with Gasteiger partial charge >= 0.3 is 6.03 Å². The Morgan fingerprint density at radius 2 is 2.00 bits per heavy atom. The molecule has 0 radical (unpaired) electrons. The average Bonchev–Trinajstić information content (AvgIpc) is 2.77. The van der Waals surface area contributed by atoms with E-state index in [0.29, 0.717) is 17.9 Å². The second kappa shape index (κ2) is 6.42. The van der Waals surface area contributed by atoms with Crippen molar-refractivity contribution >= 4 is 30.5 Å². The Morgan fingerprint density at radius 1 is 1.30 bits per heavy atom. The average molecular weight is 293 g/mol. The molecule has 1 aromatic rings. The van der Waals surface area contributed by atoms with Gasteiger partial charge in [-0.2, -0.15) is 12.6 Å². The summed E-state index contributed by atoms with van der Waals surface area (Å²) < 4.78 is 0. The fourth-order valence-electron chi connectivity index (χ4n) is 1.83. The molecule has 2 rings (SSSR count). The first-order valence-electron chi connectivity index (χ1n) is 6.18. The third-order valence-electron chi connectivity index (χ3n) is 2.89. The highest BCUT2D eigenvalue weighted by Gasteiger charge is 2.28.